The van der Waals surface area contributed by atoms with Crippen LogP contribution in [0.5, 0.6) is 0 Å². The molecule has 1 aliphatic rings. The number of aromatic nitrogens is 1. The molecule has 0 aliphatic carbocycles. The molecule has 7 heteroatoms. The Hall–Kier alpha value is -3.06. The summed E-state index contributed by atoms with van der Waals surface area (Å²) < 4.78 is 0. The minimum Gasteiger partial charge on any atom is -0.326 e. The Morgan fingerprint density at radius 1 is 1.10 bits per heavy atom. The molecule has 1 atom stereocenters. The summed E-state index contributed by atoms with van der Waals surface area (Å²) in [6.07, 6.45) is 2.11. The van der Waals surface area contributed by atoms with Gasteiger partial charge < -0.3 is 15.5 Å². The molecule has 3 rings (SSSR count). The molecule has 0 saturated carbocycles. The summed E-state index contributed by atoms with van der Waals surface area (Å²) in [6.45, 7) is 5.52. The molecule has 2 amide bonds. The zero-order chi connectivity index (χ0) is 21.5. The molecule has 0 spiro atoms. The molecule has 1 unspecified atom stereocenters. The molecule has 1 aromatic heterocycles. The van der Waals surface area contributed by atoms with Crippen molar-refractivity contribution in [1.82, 2.24) is 9.88 Å². The van der Waals surface area contributed by atoms with Crippen molar-refractivity contribution in [2.45, 2.75) is 33.1 Å². The number of nitrogens with zero attached hydrogens (tertiary/aromatic N) is 2. The van der Waals surface area contributed by atoms with Gasteiger partial charge in [-0.05, 0) is 69.6 Å². The Morgan fingerprint density at radius 2 is 1.87 bits per heavy atom. The van der Waals surface area contributed by atoms with Gasteiger partial charge in [0.2, 0.25) is 11.8 Å². The van der Waals surface area contributed by atoms with Gasteiger partial charge >= 0.3 is 0 Å². The standard InChI is InChI=1S/C23H28N4O3/c1-16-5-3-7-21(24-16)26-23(30)19-6-4-13-27(15-19)14-12-22(29)25-20-10-8-18(9-11-20)17(2)28/h3,5,7-11,19H,4,6,12-15H2,1-2H3,(H,25,29)(H,24,26,30). The molecule has 1 fully saturated rings. The number of amides is 2. The highest BCUT2D eigenvalue weighted by Gasteiger charge is 2.26. The van der Waals surface area contributed by atoms with Crippen molar-refractivity contribution in [2.24, 2.45) is 5.92 Å². The normalized spacial score (nSPS) is 16.7. The summed E-state index contributed by atoms with van der Waals surface area (Å²) in [5.74, 6) is 0.360. The highest BCUT2D eigenvalue weighted by Crippen LogP contribution is 2.19. The van der Waals surface area contributed by atoms with Gasteiger partial charge in [-0.1, -0.05) is 6.07 Å². The van der Waals surface area contributed by atoms with Crippen molar-refractivity contribution in [2.75, 3.05) is 30.3 Å². The van der Waals surface area contributed by atoms with Crippen LogP contribution in [-0.2, 0) is 9.59 Å². The third-order valence-electron chi connectivity index (χ3n) is 5.25. The molecule has 2 N–H and O–H groups in total. The van der Waals surface area contributed by atoms with E-state index < -0.39 is 0 Å². The van der Waals surface area contributed by atoms with E-state index in [1.807, 2.05) is 19.1 Å². The van der Waals surface area contributed by atoms with E-state index in [2.05, 4.69) is 20.5 Å². The molecule has 158 valence electrons. The zero-order valence-corrected chi connectivity index (χ0v) is 17.5. The van der Waals surface area contributed by atoms with Gasteiger partial charge in [0.1, 0.15) is 5.82 Å². The number of benzene rings is 1. The van der Waals surface area contributed by atoms with E-state index in [1.165, 1.54) is 6.92 Å². The van der Waals surface area contributed by atoms with Crippen LogP contribution in [0.1, 0.15) is 42.2 Å². The molecule has 0 bridgehead atoms. The number of anilines is 2. The van der Waals surface area contributed by atoms with Crippen molar-refractivity contribution in [3.63, 3.8) is 0 Å². The van der Waals surface area contributed by atoms with Gasteiger partial charge in [0, 0.05) is 36.5 Å². The summed E-state index contributed by atoms with van der Waals surface area (Å²) in [5.41, 5.74) is 2.15. The molecule has 30 heavy (non-hydrogen) atoms. The van der Waals surface area contributed by atoms with Crippen LogP contribution >= 0.6 is 0 Å². The number of nitrogens with one attached hydrogen (secondary N) is 2. The van der Waals surface area contributed by atoms with Crippen molar-refractivity contribution >= 4 is 29.1 Å². The predicted molar refractivity (Wildman–Crippen MR) is 116 cm³/mol. The molecule has 2 heterocycles. The van der Waals surface area contributed by atoms with Crippen LogP contribution < -0.4 is 10.6 Å². The molecule has 1 saturated heterocycles. The maximum atomic E-state index is 12.6. The fourth-order valence-electron chi connectivity index (χ4n) is 3.59. The average Bonchev–Trinajstić information content (AvgIpc) is 2.73. The highest BCUT2D eigenvalue weighted by molar-refractivity contribution is 5.95. The lowest BCUT2D eigenvalue weighted by atomic mass is 9.97. The Kier molecular flexibility index (Phi) is 7.30. The predicted octanol–water partition coefficient (Wildman–Crippen LogP) is 3.27. The molecule has 0 radical (unpaired) electrons. The minimum atomic E-state index is -0.108. The Bertz CT molecular complexity index is 911. The summed E-state index contributed by atoms with van der Waals surface area (Å²) in [7, 11) is 0. The van der Waals surface area contributed by atoms with E-state index in [9.17, 15) is 14.4 Å². The van der Waals surface area contributed by atoms with Gasteiger partial charge in [0.15, 0.2) is 5.78 Å². The summed E-state index contributed by atoms with van der Waals surface area (Å²) >= 11 is 0. The van der Waals surface area contributed by atoms with E-state index in [0.29, 0.717) is 36.6 Å². The molecule has 2 aromatic rings. The van der Waals surface area contributed by atoms with Gasteiger partial charge in [-0.25, -0.2) is 4.98 Å². The van der Waals surface area contributed by atoms with Crippen LogP contribution in [0.2, 0.25) is 0 Å². The monoisotopic (exact) mass is 408 g/mol. The number of rotatable bonds is 7. The largest absolute Gasteiger partial charge is 0.326 e. The minimum absolute atomic E-state index is 0.00486. The lowest BCUT2D eigenvalue weighted by Gasteiger charge is -2.31. The number of pyridine rings is 1. The van der Waals surface area contributed by atoms with Crippen LogP contribution in [0.3, 0.4) is 0 Å². The average molecular weight is 409 g/mol. The third-order valence-corrected chi connectivity index (χ3v) is 5.25. The van der Waals surface area contributed by atoms with E-state index in [-0.39, 0.29) is 23.5 Å². The number of carbonyl (C=O) groups excluding carboxylic acids is 3. The Balaban J connectivity index is 1.45. The Morgan fingerprint density at radius 3 is 2.57 bits per heavy atom. The first-order valence-electron chi connectivity index (χ1n) is 10.3. The van der Waals surface area contributed by atoms with Crippen LogP contribution in [0.25, 0.3) is 0 Å². The topological polar surface area (TPSA) is 91.4 Å². The number of hydrogen-bond donors (Lipinski definition) is 2. The second-order valence-corrected chi connectivity index (χ2v) is 7.72. The van der Waals surface area contributed by atoms with Gasteiger partial charge in [-0.2, -0.15) is 0 Å². The first-order valence-corrected chi connectivity index (χ1v) is 10.3. The van der Waals surface area contributed by atoms with Crippen molar-refractivity contribution in [3.8, 4) is 0 Å². The number of piperidine rings is 1. The van der Waals surface area contributed by atoms with Crippen LogP contribution in [-0.4, -0.2) is 47.1 Å². The summed E-state index contributed by atoms with van der Waals surface area (Å²) in [6, 6.07) is 12.4. The van der Waals surface area contributed by atoms with Crippen molar-refractivity contribution < 1.29 is 14.4 Å². The van der Waals surface area contributed by atoms with Gasteiger partial charge in [-0.15, -0.1) is 0 Å². The number of hydrogen-bond acceptors (Lipinski definition) is 5. The van der Waals surface area contributed by atoms with E-state index >= 15 is 0 Å². The highest BCUT2D eigenvalue weighted by atomic mass is 16.2. The van der Waals surface area contributed by atoms with Crippen LogP contribution in [0.4, 0.5) is 11.5 Å². The lowest BCUT2D eigenvalue weighted by Crippen LogP contribution is -2.41. The van der Waals surface area contributed by atoms with Crippen molar-refractivity contribution in [1.29, 1.82) is 0 Å². The van der Waals surface area contributed by atoms with Crippen LogP contribution in [0, 0.1) is 12.8 Å². The number of carbonyl (C=O) groups is 3. The molecule has 1 aliphatic heterocycles. The van der Waals surface area contributed by atoms with Gasteiger partial charge in [-0.3, -0.25) is 14.4 Å². The second-order valence-electron chi connectivity index (χ2n) is 7.72. The summed E-state index contributed by atoms with van der Waals surface area (Å²) in [5, 5.41) is 5.76. The molecular formula is C23H28N4O3. The first-order chi connectivity index (χ1) is 14.4. The van der Waals surface area contributed by atoms with E-state index in [4.69, 9.17) is 0 Å². The Labute approximate surface area is 176 Å². The second kappa shape index (κ2) is 10.1. The van der Waals surface area contributed by atoms with Gasteiger partial charge in [0.25, 0.3) is 0 Å². The lowest BCUT2D eigenvalue weighted by molar-refractivity contribution is -0.121. The number of Topliss-reactive ketones (excluding diaryl/α,β-unsaturated/α-hetero) is 1. The smallest absolute Gasteiger partial charge is 0.229 e. The zero-order valence-electron chi connectivity index (χ0n) is 17.5. The SMILES string of the molecule is CC(=O)c1ccc(NC(=O)CCN2CCCC(C(=O)Nc3cccc(C)n3)C2)cc1. The number of aryl methyl sites for hydroxylation is 1. The van der Waals surface area contributed by atoms with Crippen LogP contribution in [0.15, 0.2) is 42.5 Å². The molecular weight excluding hydrogens is 380 g/mol. The summed E-state index contributed by atoms with van der Waals surface area (Å²) in [4.78, 5) is 42.7. The van der Waals surface area contributed by atoms with Gasteiger partial charge in [0.05, 0.1) is 5.92 Å². The molecule has 1 aromatic carbocycles. The number of ketones is 1. The first kappa shape index (κ1) is 21.6. The maximum Gasteiger partial charge on any atom is 0.229 e. The third kappa shape index (κ3) is 6.22. The fraction of sp³-hybridized carbons (Fsp3) is 0.391. The fourth-order valence-corrected chi connectivity index (χ4v) is 3.59. The van der Waals surface area contributed by atoms with E-state index in [0.717, 1.165) is 25.1 Å². The maximum absolute atomic E-state index is 12.6. The quantitative estimate of drug-likeness (QED) is 0.686. The van der Waals surface area contributed by atoms with Crippen molar-refractivity contribution in [3.05, 3.63) is 53.7 Å². The van der Waals surface area contributed by atoms with E-state index in [1.54, 1.807) is 30.3 Å². The molecule has 7 nitrogen and oxygen atoms in total. The number of likely N-dealkylation sites (tertiary alicyclic amines) is 1.